The predicted molar refractivity (Wildman–Crippen MR) is 81.1 cm³/mol. The molecule has 0 atom stereocenters. The number of sulfonamides is 1. The highest BCUT2D eigenvalue weighted by Crippen LogP contribution is 2.23. The molecule has 0 saturated heterocycles. The van der Waals surface area contributed by atoms with Crippen molar-refractivity contribution in [2.45, 2.75) is 4.90 Å². The average molecular weight is 372 g/mol. The molecule has 0 fully saturated rings. The first-order valence-corrected chi connectivity index (χ1v) is 8.06. The molecule has 0 heterocycles. The number of nitrogens with one attached hydrogen (secondary N) is 1. The third kappa shape index (κ3) is 3.31. The minimum atomic E-state index is -3.68. The number of hydrogen-bond acceptors (Lipinski definition) is 3. The van der Waals surface area contributed by atoms with Gasteiger partial charge in [0.1, 0.15) is 6.07 Å². The van der Waals surface area contributed by atoms with Crippen molar-refractivity contribution in [3.05, 3.63) is 57.5 Å². The van der Waals surface area contributed by atoms with Gasteiger partial charge in [-0.05, 0) is 42.5 Å². The van der Waals surface area contributed by atoms with E-state index in [-0.39, 0.29) is 9.92 Å². The Kier molecular flexibility index (Phi) is 4.33. The second-order valence-electron chi connectivity index (χ2n) is 3.87. The molecule has 0 spiro atoms. The Morgan fingerprint density at radius 2 is 1.80 bits per heavy atom. The Bertz CT molecular complexity index is 783. The molecule has 0 bridgehead atoms. The average Bonchev–Trinajstić information content (AvgIpc) is 2.39. The summed E-state index contributed by atoms with van der Waals surface area (Å²) in [6.45, 7) is 0. The van der Waals surface area contributed by atoms with Crippen LogP contribution >= 0.6 is 27.5 Å². The second kappa shape index (κ2) is 5.83. The monoisotopic (exact) mass is 370 g/mol. The van der Waals surface area contributed by atoms with Crippen molar-refractivity contribution >= 4 is 43.2 Å². The van der Waals surface area contributed by atoms with Gasteiger partial charge < -0.3 is 0 Å². The lowest BCUT2D eigenvalue weighted by molar-refractivity contribution is 0.601. The molecule has 0 radical (unpaired) electrons. The number of anilines is 1. The summed E-state index contributed by atoms with van der Waals surface area (Å²) in [6, 6.07) is 12.5. The maximum atomic E-state index is 12.1. The fourth-order valence-electron chi connectivity index (χ4n) is 1.50. The highest BCUT2D eigenvalue weighted by molar-refractivity contribution is 9.10. The number of nitriles is 1. The van der Waals surface area contributed by atoms with Gasteiger partial charge in [0, 0.05) is 4.47 Å². The topological polar surface area (TPSA) is 70.0 Å². The molecule has 2 aromatic rings. The molecule has 0 aliphatic carbocycles. The summed E-state index contributed by atoms with van der Waals surface area (Å²) in [6.07, 6.45) is 0. The second-order valence-corrected chi connectivity index (χ2v) is 6.87. The van der Waals surface area contributed by atoms with Gasteiger partial charge in [0.15, 0.2) is 0 Å². The lowest BCUT2D eigenvalue weighted by atomic mass is 10.2. The van der Waals surface area contributed by atoms with E-state index in [4.69, 9.17) is 16.9 Å². The van der Waals surface area contributed by atoms with Gasteiger partial charge in [0.25, 0.3) is 10.0 Å². The Morgan fingerprint density at radius 3 is 2.35 bits per heavy atom. The van der Waals surface area contributed by atoms with Crippen molar-refractivity contribution in [2.75, 3.05) is 4.72 Å². The number of rotatable bonds is 3. The van der Waals surface area contributed by atoms with Crippen molar-refractivity contribution in [1.82, 2.24) is 0 Å². The van der Waals surface area contributed by atoms with Crippen LogP contribution in [0.25, 0.3) is 0 Å². The van der Waals surface area contributed by atoms with Crippen LogP contribution in [0.4, 0.5) is 5.69 Å². The quantitative estimate of drug-likeness (QED) is 0.892. The summed E-state index contributed by atoms with van der Waals surface area (Å²) in [4.78, 5) is 0.140. The fourth-order valence-corrected chi connectivity index (χ4v) is 3.03. The Hall–Kier alpha value is -1.55. The van der Waals surface area contributed by atoms with Crippen molar-refractivity contribution in [3.8, 4) is 6.07 Å². The van der Waals surface area contributed by atoms with Crippen LogP contribution in [0, 0.1) is 11.3 Å². The number of nitrogens with zero attached hydrogens (tertiary/aromatic N) is 1. The van der Waals surface area contributed by atoms with Crippen molar-refractivity contribution < 1.29 is 8.42 Å². The molecule has 0 aliphatic heterocycles. The highest BCUT2D eigenvalue weighted by Gasteiger charge is 2.14. The Morgan fingerprint density at radius 1 is 1.15 bits per heavy atom. The first kappa shape index (κ1) is 14.9. The maximum Gasteiger partial charge on any atom is 0.261 e. The van der Waals surface area contributed by atoms with E-state index in [1.165, 1.54) is 30.3 Å². The molecule has 0 aromatic heterocycles. The third-order valence-electron chi connectivity index (χ3n) is 2.47. The van der Waals surface area contributed by atoms with E-state index < -0.39 is 10.0 Å². The van der Waals surface area contributed by atoms with Crippen LogP contribution in [-0.4, -0.2) is 8.42 Å². The summed E-state index contributed by atoms with van der Waals surface area (Å²) in [5.41, 5.74) is 0.593. The molecule has 2 aromatic carbocycles. The van der Waals surface area contributed by atoms with Gasteiger partial charge in [-0.25, -0.2) is 8.42 Å². The highest BCUT2D eigenvalue weighted by atomic mass is 79.9. The Labute approximate surface area is 130 Å². The predicted octanol–water partition coefficient (Wildman–Crippen LogP) is 3.77. The first-order chi connectivity index (χ1) is 9.42. The minimum absolute atomic E-state index is 0.140. The van der Waals surface area contributed by atoms with Crippen molar-refractivity contribution in [2.24, 2.45) is 0 Å². The van der Waals surface area contributed by atoms with Gasteiger partial charge in [0.05, 0.1) is 21.2 Å². The molecular formula is C13H8BrClN2O2S. The van der Waals surface area contributed by atoms with Crippen LogP contribution in [0.3, 0.4) is 0 Å². The summed E-state index contributed by atoms with van der Waals surface area (Å²) in [7, 11) is -3.68. The van der Waals surface area contributed by atoms with Crippen LogP contribution in [0.2, 0.25) is 5.02 Å². The molecule has 0 saturated carbocycles. The molecule has 0 amide bonds. The largest absolute Gasteiger partial charge is 0.280 e. The maximum absolute atomic E-state index is 12.1. The zero-order chi connectivity index (χ0) is 14.8. The molecule has 20 heavy (non-hydrogen) atoms. The summed E-state index contributed by atoms with van der Waals surface area (Å²) < 4.78 is 27.5. The van der Waals surface area contributed by atoms with Gasteiger partial charge >= 0.3 is 0 Å². The molecule has 0 aliphatic rings. The summed E-state index contributed by atoms with van der Waals surface area (Å²) >= 11 is 9.10. The summed E-state index contributed by atoms with van der Waals surface area (Å²) in [5.74, 6) is 0. The van der Waals surface area contributed by atoms with Crippen LogP contribution in [-0.2, 0) is 10.0 Å². The van der Waals surface area contributed by atoms with Gasteiger partial charge in [-0.3, -0.25) is 4.72 Å². The number of benzene rings is 2. The molecule has 2 rings (SSSR count). The molecular weight excluding hydrogens is 364 g/mol. The molecule has 1 N–H and O–H groups in total. The minimum Gasteiger partial charge on any atom is -0.280 e. The van der Waals surface area contributed by atoms with E-state index in [1.54, 1.807) is 12.1 Å². The molecule has 102 valence electrons. The van der Waals surface area contributed by atoms with Crippen LogP contribution in [0.15, 0.2) is 51.8 Å². The molecule has 4 nitrogen and oxygen atoms in total. The third-order valence-corrected chi connectivity index (χ3v) is 4.70. The first-order valence-electron chi connectivity index (χ1n) is 5.40. The van der Waals surface area contributed by atoms with E-state index in [0.29, 0.717) is 11.3 Å². The lowest BCUT2D eigenvalue weighted by Gasteiger charge is -2.08. The SMILES string of the molecule is N#Cc1ccc(NS(=O)(=O)c2ccc(Br)cc2)cc1Cl. The summed E-state index contributed by atoms with van der Waals surface area (Å²) in [5, 5.41) is 8.97. The van der Waals surface area contributed by atoms with Crippen molar-refractivity contribution in [1.29, 1.82) is 5.26 Å². The van der Waals surface area contributed by atoms with E-state index in [0.717, 1.165) is 4.47 Å². The molecule has 7 heteroatoms. The molecule has 0 unspecified atom stereocenters. The van der Waals surface area contributed by atoms with Crippen LogP contribution in [0.1, 0.15) is 5.56 Å². The van der Waals surface area contributed by atoms with Crippen LogP contribution < -0.4 is 4.72 Å². The van der Waals surface area contributed by atoms with Gasteiger partial charge in [-0.1, -0.05) is 27.5 Å². The Balaban J connectivity index is 2.31. The van der Waals surface area contributed by atoms with Gasteiger partial charge in [-0.15, -0.1) is 0 Å². The van der Waals surface area contributed by atoms with Gasteiger partial charge in [-0.2, -0.15) is 5.26 Å². The van der Waals surface area contributed by atoms with E-state index in [2.05, 4.69) is 20.7 Å². The normalized spacial score (nSPS) is 10.8. The van der Waals surface area contributed by atoms with E-state index in [1.807, 2.05) is 6.07 Å². The van der Waals surface area contributed by atoms with E-state index in [9.17, 15) is 8.42 Å². The van der Waals surface area contributed by atoms with Crippen molar-refractivity contribution in [3.63, 3.8) is 0 Å². The zero-order valence-corrected chi connectivity index (χ0v) is 13.1. The van der Waals surface area contributed by atoms with E-state index >= 15 is 0 Å². The fraction of sp³-hybridized carbons (Fsp3) is 0. The lowest BCUT2D eigenvalue weighted by Crippen LogP contribution is -2.12. The number of halogens is 2. The van der Waals surface area contributed by atoms with Gasteiger partial charge in [0.2, 0.25) is 0 Å². The number of hydrogen-bond donors (Lipinski definition) is 1. The van der Waals surface area contributed by atoms with Crippen LogP contribution in [0.5, 0.6) is 0 Å². The standard InChI is InChI=1S/C13H8BrClN2O2S/c14-10-2-5-12(6-3-10)20(18,19)17-11-4-1-9(8-16)13(15)7-11/h1-7,17H. The smallest absolute Gasteiger partial charge is 0.261 e. The zero-order valence-electron chi connectivity index (χ0n) is 9.97.